The van der Waals surface area contributed by atoms with Gasteiger partial charge in [0.2, 0.25) is 0 Å². The number of hydrogen-bond donors (Lipinski definition) is 0. The summed E-state index contributed by atoms with van der Waals surface area (Å²) >= 11 is 0. The van der Waals surface area contributed by atoms with Crippen LogP contribution in [-0.2, 0) is 13.1 Å². The van der Waals surface area contributed by atoms with E-state index in [2.05, 4.69) is 5.16 Å². The maximum atomic E-state index is 11.7. The normalized spacial score (nSPS) is 10.8. The lowest BCUT2D eigenvalue weighted by molar-refractivity contribution is 0.388. The van der Waals surface area contributed by atoms with Crippen LogP contribution < -0.4 is 5.69 Å². The first-order valence-corrected chi connectivity index (χ1v) is 4.88. The molecular formula is C10H13N3O2. The Morgan fingerprint density at radius 3 is 2.67 bits per heavy atom. The van der Waals surface area contributed by atoms with Crippen LogP contribution >= 0.6 is 0 Å². The second-order valence-electron chi connectivity index (χ2n) is 3.42. The molecule has 2 rings (SSSR count). The van der Waals surface area contributed by atoms with E-state index in [1.807, 2.05) is 19.9 Å². The number of imidazole rings is 1. The summed E-state index contributed by atoms with van der Waals surface area (Å²) in [6.45, 7) is 4.91. The smallest absolute Gasteiger partial charge is 0.328 e. The molecule has 2 aromatic heterocycles. The SMILES string of the molecule is CCn1ccn(Cc2cc(C)on2)c1=O. The predicted octanol–water partition coefficient (Wildman–Crippen LogP) is 1.01. The fourth-order valence-electron chi connectivity index (χ4n) is 1.48. The van der Waals surface area contributed by atoms with Gasteiger partial charge in [-0.2, -0.15) is 0 Å². The Bertz CT molecular complexity index is 507. The van der Waals surface area contributed by atoms with Crippen molar-refractivity contribution in [3.8, 4) is 0 Å². The van der Waals surface area contributed by atoms with Crippen molar-refractivity contribution in [1.82, 2.24) is 14.3 Å². The number of aryl methyl sites for hydroxylation is 2. The van der Waals surface area contributed by atoms with Crippen LogP contribution in [0.2, 0.25) is 0 Å². The molecule has 0 fully saturated rings. The zero-order valence-electron chi connectivity index (χ0n) is 8.80. The molecule has 0 aliphatic rings. The molecule has 0 saturated carbocycles. The van der Waals surface area contributed by atoms with Crippen LogP contribution in [0.3, 0.4) is 0 Å². The van der Waals surface area contributed by atoms with Crippen LogP contribution in [0, 0.1) is 6.92 Å². The summed E-state index contributed by atoms with van der Waals surface area (Å²) in [5, 5.41) is 3.84. The third-order valence-corrected chi connectivity index (χ3v) is 2.27. The molecule has 5 nitrogen and oxygen atoms in total. The first kappa shape index (κ1) is 9.76. The number of hydrogen-bond acceptors (Lipinski definition) is 3. The van der Waals surface area contributed by atoms with Gasteiger partial charge in [0.25, 0.3) is 0 Å². The topological polar surface area (TPSA) is 53.0 Å². The lowest BCUT2D eigenvalue weighted by atomic mass is 10.4. The van der Waals surface area contributed by atoms with Crippen LogP contribution in [-0.4, -0.2) is 14.3 Å². The Morgan fingerprint density at radius 1 is 1.40 bits per heavy atom. The van der Waals surface area contributed by atoms with Gasteiger partial charge in [0.1, 0.15) is 11.5 Å². The maximum Gasteiger partial charge on any atom is 0.328 e. The van der Waals surface area contributed by atoms with Crippen molar-refractivity contribution in [3.05, 3.63) is 40.4 Å². The van der Waals surface area contributed by atoms with Gasteiger partial charge in [0, 0.05) is 25.0 Å². The molecule has 0 aliphatic carbocycles. The summed E-state index contributed by atoms with van der Waals surface area (Å²) in [4.78, 5) is 11.7. The highest BCUT2D eigenvalue weighted by molar-refractivity contribution is 5.04. The fraction of sp³-hybridized carbons (Fsp3) is 0.400. The average molecular weight is 207 g/mol. The van der Waals surface area contributed by atoms with Gasteiger partial charge in [-0.05, 0) is 13.8 Å². The Kier molecular flexibility index (Phi) is 2.45. The van der Waals surface area contributed by atoms with Crippen LogP contribution in [0.4, 0.5) is 0 Å². The third kappa shape index (κ3) is 1.86. The van der Waals surface area contributed by atoms with E-state index >= 15 is 0 Å². The Labute approximate surface area is 86.9 Å². The summed E-state index contributed by atoms with van der Waals surface area (Å²) in [5.41, 5.74) is 0.751. The van der Waals surface area contributed by atoms with Crippen molar-refractivity contribution in [2.24, 2.45) is 0 Å². The standard InChI is InChI=1S/C10H13N3O2/c1-3-12-4-5-13(10(12)14)7-9-6-8(2)15-11-9/h4-6H,3,7H2,1-2H3. The van der Waals surface area contributed by atoms with Crippen molar-refractivity contribution in [1.29, 1.82) is 0 Å². The zero-order valence-corrected chi connectivity index (χ0v) is 8.80. The van der Waals surface area contributed by atoms with Crippen molar-refractivity contribution in [2.45, 2.75) is 26.9 Å². The van der Waals surface area contributed by atoms with Gasteiger partial charge in [0.15, 0.2) is 0 Å². The molecule has 0 bridgehead atoms. The first-order valence-electron chi connectivity index (χ1n) is 4.88. The van der Waals surface area contributed by atoms with Gasteiger partial charge in [-0.1, -0.05) is 5.16 Å². The third-order valence-electron chi connectivity index (χ3n) is 2.27. The van der Waals surface area contributed by atoms with Crippen molar-refractivity contribution >= 4 is 0 Å². The number of nitrogens with zero attached hydrogens (tertiary/aromatic N) is 3. The Morgan fingerprint density at radius 2 is 2.13 bits per heavy atom. The summed E-state index contributed by atoms with van der Waals surface area (Å²) in [6.07, 6.45) is 3.53. The van der Waals surface area contributed by atoms with E-state index in [0.717, 1.165) is 11.5 Å². The van der Waals surface area contributed by atoms with E-state index in [4.69, 9.17) is 4.52 Å². The average Bonchev–Trinajstić information content (AvgIpc) is 2.76. The van der Waals surface area contributed by atoms with Gasteiger partial charge in [-0.25, -0.2) is 4.79 Å². The molecule has 2 aromatic rings. The van der Waals surface area contributed by atoms with E-state index in [0.29, 0.717) is 13.1 Å². The van der Waals surface area contributed by atoms with Crippen LogP contribution in [0.15, 0.2) is 27.8 Å². The van der Waals surface area contributed by atoms with Gasteiger partial charge in [0.05, 0.1) is 6.54 Å². The molecule has 0 N–H and O–H groups in total. The molecule has 0 unspecified atom stereocenters. The maximum absolute atomic E-state index is 11.7. The van der Waals surface area contributed by atoms with E-state index in [1.54, 1.807) is 21.5 Å². The molecular weight excluding hydrogens is 194 g/mol. The molecule has 5 heteroatoms. The summed E-state index contributed by atoms with van der Waals surface area (Å²) in [7, 11) is 0. The Hall–Kier alpha value is -1.78. The highest BCUT2D eigenvalue weighted by Crippen LogP contribution is 2.02. The second-order valence-corrected chi connectivity index (χ2v) is 3.42. The molecule has 0 aliphatic heterocycles. The molecule has 0 radical (unpaired) electrons. The Balaban J connectivity index is 2.25. The fourth-order valence-corrected chi connectivity index (χ4v) is 1.48. The van der Waals surface area contributed by atoms with Crippen molar-refractivity contribution in [2.75, 3.05) is 0 Å². The number of aromatic nitrogens is 3. The lowest BCUT2D eigenvalue weighted by Gasteiger charge is -1.96. The van der Waals surface area contributed by atoms with Crippen molar-refractivity contribution in [3.63, 3.8) is 0 Å². The zero-order chi connectivity index (χ0) is 10.8. The quantitative estimate of drug-likeness (QED) is 0.754. The van der Waals surface area contributed by atoms with Gasteiger partial charge in [-0.15, -0.1) is 0 Å². The first-order chi connectivity index (χ1) is 7.20. The van der Waals surface area contributed by atoms with E-state index in [-0.39, 0.29) is 5.69 Å². The van der Waals surface area contributed by atoms with Gasteiger partial charge < -0.3 is 4.52 Å². The summed E-state index contributed by atoms with van der Waals surface area (Å²) in [5.74, 6) is 0.757. The minimum Gasteiger partial charge on any atom is -0.361 e. The molecule has 0 amide bonds. The van der Waals surface area contributed by atoms with Gasteiger partial charge >= 0.3 is 5.69 Å². The highest BCUT2D eigenvalue weighted by Gasteiger charge is 2.05. The minimum atomic E-state index is -0.0156. The monoisotopic (exact) mass is 207 g/mol. The van der Waals surface area contributed by atoms with Crippen LogP contribution in [0.1, 0.15) is 18.4 Å². The molecule has 80 valence electrons. The summed E-state index contributed by atoms with van der Waals surface area (Å²) in [6, 6.07) is 1.83. The minimum absolute atomic E-state index is 0.0156. The lowest BCUT2D eigenvalue weighted by Crippen LogP contribution is -2.23. The van der Waals surface area contributed by atoms with E-state index < -0.39 is 0 Å². The second kappa shape index (κ2) is 3.76. The molecule has 0 spiro atoms. The molecule has 0 saturated heterocycles. The van der Waals surface area contributed by atoms with Crippen LogP contribution in [0.25, 0.3) is 0 Å². The molecule has 15 heavy (non-hydrogen) atoms. The molecule has 0 atom stereocenters. The molecule has 0 aromatic carbocycles. The molecule has 2 heterocycles. The van der Waals surface area contributed by atoms with E-state index in [1.165, 1.54) is 0 Å². The van der Waals surface area contributed by atoms with E-state index in [9.17, 15) is 4.79 Å². The van der Waals surface area contributed by atoms with Gasteiger partial charge in [-0.3, -0.25) is 9.13 Å². The van der Waals surface area contributed by atoms with Crippen LogP contribution in [0.5, 0.6) is 0 Å². The predicted molar refractivity (Wildman–Crippen MR) is 54.7 cm³/mol. The van der Waals surface area contributed by atoms with Crippen molar-refractivity contribution < 1.29 is 4.52 Å². The summed E-state index contributed by atoms with van der Waals surface area (Å²) < 4.78 is 8.20. The number of rotatable bonds is 3. The largest absolute Gasteiger partial charge is 0.361 e. The highest BCUT2D eigenvalue weighted by atomic mass is 16.5.